The van der Waals surface area contributed by atoms with E-state index in [4.69, 9.17) is 17.4 Å². The van der Waals surface area contributed by atoms with Gasteiger partial charge in [0.2, 0.25) is 0 Å². The van der Waals surface area contributed by atoms with Gasteiger partial charge in [0.1, 0.15) is 11.0 Å². The molecule has 0 bridgehead atoms. The van der Waals surface area contributed by atoms with Crippen LogP contribution in [0, 0.1) is 10.1 Å². The lowest BCUT2D eigenvalue weighted by molar-refractivity contribution is -0.384. The SMILES string of the molecule is NNc1cc(C(=O)Nc2ccc([N+](=O)[O-])cc2)cc(Cl)n1. The molecular formula is C12H10ClN5O3. The Morgan fingerprint density at radius 1 is 1.29 bits per heavy atom. The van der Waals surface area contributed by atoms with Crippen LogP contribution in [0.1, 0.15) is 10.4 Å². The highest BCUT2D eigenvalue weighted by atomic mass is 35.5. The molecule has 1 aromatic carbocycles. The number of halogens is 1. The Hall–Kier alpha value is -2.71. The number of nitrogens with zero attached hydrogens (tertiary/aromatic N) is 2. The zero-order valence-corrected chi connectivity index (χ0v) is 11.3. The Bertz CT molecular complexity index is 690. The number of hydrazine groups is 1. The summed E-state index contributed by atoms with van der Waals surface area (Å²) in [5.74, 6) is 5.03. The molecule has 0 unspecified atom stereocenters. The van der Waals surface area contributed by atoms with Crippen molar-refractivity contribution in [3.63, 3.8) is 0 Å². The summed E-state index contributed by atoms with van der Waals surface area (Å²) in [7, 11) is 0. The molecule has 9 heteroatoms. The van der Waals surface area contributed by atoms with E-state index in [9.17, 15) is 14.9 Å². The van der Waals surface area contributed by atoms with Gasteiger partial charge in [-0.05, 0) is 24.3 Å². The van der Waals surface area contributed by atoms with Crippen LogP contribution in [0.3, 0.4) is 0 Å². The van der Waals surface area contributed by atoms with Crippen LogP contribution in [0.5, 0.6) is 0 Å². The number of aromatic nitrogens is 1. The Morgan fingerprint density at radius 2 is 1.95 bits per heavy atom. The van der Waals surface area contributed by atoms with Crippen molar-refractivity contribution in [2.45, 2.75) is 0 Å². The summed E-state index contributed by atoms with van der Waals surface area (Å²) < 4.78 is 0. The van der Waals surface area contributed by atoms with Gasteiger partial charge in [-0.1, -0.05) is 11.6 Å². The van der Waals surface area contributed by atoms with Crippen LogP contribution in [-0.2, 0) is 0 Å². The van der Waals surface area contributed by atoms with E-state index in [0.717, 1.165) is 0 Å². The Morgan fingerprint density at radius 3 is 2.52 bits per heavy atom. The molecule has 0 fully saturated rings. The van der Waals surface area contributed by atoms with E-state index in [0.29, 0.717) is 5.69 Å². The monoisotopic (exact) mass is 307 g/mol. The van der Waals surface area contributed by atoms with E-state index < -0.39 is 10.8 Å². The van der Waals surface area contributed by atoms with Crippen LogP contribution < -0.4 is 16.6 Å². The quantitative estimate of drug-likeness (QED) is 0.344. The molecule has 0 saturated carbocycles. The topological polar surface area (TPSA) is 123 Å². The molecule has 0 saturated heterocycles. The van der Waals surface area contributed by atoms with Gasteiger partial charge in [-0.15, -0.1) is 0 Å². The summed E-state index contributed by atoms with van der Waals surface area (Å²) in [4.78, 5) is 25.9. The predicted molar refractivity (Wildman–Crippen MR) is 78.1 cm³/mol. The molecule has 1 aromatic heterocycles. The number of pyridine rings is 1. The van der Waals surface area contributed by atoms with E-state index in [2.05, 4.69) is 15.7 Å². The summed E-state index contributed by atoms with van der Waals surface area (Å²) >= 11 is 5.77. The lowest BCUT2D eigenvalue weighted by Gasteiger charge is -2.07. The summed E-state index contributed by atoms with van der Waals surface area (Å²) in [5, 5.41) is 13.2. The number of non-ortho nitro benzene ring substituents is 1. The van der Waals surface area contributed by atoms with Gasteiger partial charge in [-0.25, -0.2) is 10.8 Å². The maximum Gasteiger partial charge on any atom is 0.269 e. The molecule has 0 aliphatic rings. The molecular weight excluding hydrogens is 298 g/mol. The molecule has 108 valence electrons. The second-order valence-corrected chi connectivity index (χ2v) is 4.35. The first kappa shape index (κ1) is 14.7. The average molecular weight is 308 g/mol. The minimum Gasteiger partial charge on any atom is -0.322 e. The molecule has 1 amide bonds. The molecule has 0 radical (unpaired) electrons. The number of nitro benzene ring substituents is 1. The summed E-state index contributed by atoms with van der Waals surface area (Å²) in [6.45, 7) is 0. The first-order valence-corrected chi connectivity index (χ1v) is 6.07. The normalized spacial score (nSPS) is 10.0. The van der Waals surface area contributed by atoms with E-state index in [1.807, 2.05) is 0 Å². The second kappa shape index (κ2) is 6.16. The zero-order chi connectivity index (χ0) is 15.4. The molecule has 4 N–H and O–H groups in total. The summed E-state index contributed by atoms with van der Waals surface area (Å²) in [6, 6.07) is 8.25. The molecule has 21 heavy (non-hydrogen) atoms. The third-order valence-electron chi connectivity index (χ3n) is 2.54. The van der Waals surface area contributed by atoms with Crippen molar-refractivity contribution in [1.29, 1.82) is 0 Å². The number of rotatable bonds is 4. The lowest BCUT2D eigenvalue weighted by Crippen LogP contribution is -2.14. The first-order chi connectivity index (χ1) is 9.99. The average Bonchev–Trinajstić information content (AvgIpc) is 2.47. The Kier molecular flexibility index (Phi) is 4.31. The molecule has 0 spiro atoms. The zero-order valence-electron chi connectivity index (χ0n) is 10.5. The van der Waals surface area contributed by atoms with Gasteiger partial charge >= 0.3 is 0 Å². The number of nitro groups is 1. The van der Waals surface area contributed by atoms with Crippen molar-refractivity contribution in [2.75, 3.05) is 10.7 Å². The predicted octanol–water partition coefficient (Wildman–Crippen LogP) is 2.18. The second-order valence-electron chi connectivity index (χ2n) is 3.97. The molecule has 8 nitrogen and oxygen atoms in total. The number of carbonyl (C=O) groups excluding carboxylic acids is 1. The number of hydrogen-bond donors (Lipinski definition) is 3. The highest BCUT2D eigenvalue weighted by molar-refractivity contribution is 6.30. The maximum absolute atomic E-state index is 12.1. The van der Waals surface area contributed by atoms with Gasteiger partial charge in [-0.3, -0.25) is 14.9 Å². The number of nitrogens with two attached hydrogens (primary N) is 1. The molecule has 2 aromatic rings. The Balaban J connectivity index is 2.17. The molecule has 0 aliphatic carbocycles. The fourth-order valence-electron chi connectivity index (χ4n) is 1.57. The largest absolute Gasteiger partial charge is 0.322 e. The molecule has 0 atom stereocenters. The number of hydrogen-bond acceptors (Lipinski definition) is 6. The van der Waals surface area contributed by atoms with E-state index in [1.165, 1.54) is 36.4 Å². The number of carbonyl (C=O) groups is 1. The van der Waals surface area contributed by atoms with Crippen molar-refractivity contribution >= 4 is 34.7 Å². The van der Waals surface area contributed by atoms with Crippen LogP contribution in [0.15, 0.2) is 36.4 Å². The number of nitrogens with one attached hydrogen (secondary N) is 2. The van der Waals surface area contributed by atoms with Crippen molar-refractivity contribution in [3.05, 3.63) is 57.2 Å². The highest BCUT2D eigenvalue weighted by Crippen LogP contribution is 2.18. The van der Waals surface area contributed by atoms with Crippen molar-refractivity contribution in [1.82, 2.24) is 4.98 Å². The standard InChI is InChI=1S/C12H10ClN5O3/c13-10-5-7(6-11(16-10)17-14)12(19)15-8-1-3-9(4-2-8)18(20)21/h1-6H,14H2,(H,15,19)(H,16,17). The van der Waals surface area contributed by atoms with E-state index >= 15 is 0 Å². The van der Waals surface area contributed by atoms with Crippen molar-refractivity contribution in [2.24, 2.45) is 5.84 Å². The fraction of sp³-hybridized carbons (Fsp3) is 0. The number of nitrogen functional groups attached to an aromatic ring is 1. The first-order valence-electron chi connectivity index (χ1n) is 5.69. The third kappa shape index (κ3) is 3.65. The number of benzene rings is 1. The van der Waals surface area contributed by atoms with Crippen LogP contribution >= 0.6 is 11.6 Å². The van der Waals surface area contributed by atoms with Crippen molar-refractivity contribution in [3.8, 4) is 0 Å². The van der Waals surface area contributed by atoms with E-state index in [1.54, 1.807) is 0 Å². The van der Waals surface area contributed by atoms with Gasteiger partial charge in [0.05, 0.1) is 4.92 Å². The maximum atomic E-state index is 12.1. The molecule has 0 aliphatic heterocycles. The van der Waals surface area contributed by atoms with E-state index in [-0.39, 0.29) is 22.2 Å². The van der Waals surface area contributed by atoms with Gasteiger partial charge < -0.3 is 10.7 Å². The molecule has 1 heterocycles. The minimum absolute atomic E-state index is 0.0606. The Labute approximate surface area is 124 Å². The summed E-state index contributed by atoms with van der Waals surface area (Å²) in [6.07, 6.45) is 0. The van der Waals surface area contributed by atoms with Gasteiger partial charge in [0, 0.05) is 23.4 Å². The minimum atomic E-state index is -0.520. The van der Waals surface area contributed by atoms with Crippen LogP contribution in [0.2, 0.25) is 5.15 Å². The van der Waals surface area contributed by atoms with Crippen LogP contribution in [0.4, 0.5) is 17.2 Å². The van der Waals surface area contributed by atoms with Gasteiger partial charge in [0.15, 0.2) is 0 Å². The van der Waals surface area contributed by atoms with Gasteiger partial charge in [0.25, 0.3) is 11.6 Å². The van der Waals surface area contributed by atoms with Gasteiger partial charge in [-0.2, -0.15) is 0 Å². The van der Waals surface area contributed by atoms with Crippen LogP contribution in [0.25, 0.3) is 0 Å². The number of amides is 1. The number of anilines is 2. The highest BCUT2D eigenvalue weighted by Gasteiger charge is 2.10. The van der Waals surface area contributed by atoms with Crippen molar-refractivity contribution < 1.29 is 9.72 Å². The molecule has 2 rings (SSSR count). The summed E-state index contributed by atoms with van der Waals surface area (Å²) in [5.41, 5.74) is 2.90. The lowest BCUT2D eigenvalue weighted by atomic mass is 10.2. The smallest absolute Gasteiger partial charge is 0.269 e. The third-order valence-corrected chi connectivity index (χ3v) is 2.73. The fourth-order valence-corrected chi connectivity index (χ4v) is 1.78. The van der Waals surface area contributed by atoms with Crippen LogP contribution in [-0.4, -0.2) is 15.8 Å².